The van der Waals surface area contributed by atoms with Gasteiger partial charge >= 0.3 is 0 Å². The van der Waals surface area contributed by atoms with Crippen molar-refractivity contribution < 1.29 is 19.0 Å². The molecule has 0 aliphatic heterocycles. The fraction of sp³-hybridized carbons (Fsp3) is 0.136. The maximum absolute atomic E-state index is 13.2. The largest absolute Gasteiger partial charge is 0.507 e. The van der Waals surface area contributed by atoms with Crippen LogP contribution in [0.4, 0.5) is 4.39 Å². The molecule has 0 radical (unpaired) electrons. The molecule has 150 valence electrons. The molecule has 1 amide bonds. The minimum Gasteiger partial charge on any atom is -0.507 e. The predicted molar refractivity (Wildman–Crippen MR) is 112 cm³/mol. The van der Waals surface area contributed by atoms with Crippen LogP contribution < -0.4 is 10.5 Å². The van der Waals surface area contributed by atoms with Crippen LogP contribution in [0.1, 0.15) is 18.1 Å². The van der Waals surface area contributed by atoms with Crippen molar-refractivity contribution >= 4 is 29.1 Å². The van der Waals surface area contributed by atoms with Crippen molar-refractivity contribution in [2.24, 2.45) is 5.73 Å². The first-order valence-electron chi connectivity index (χ1n) is 8.76. The van der Waals surface area contributed by atoms with E-state index in [0.717, 1.165) is 5.56 Å². The lowest BCUT2D eigenvalue weighted by Gasteiger charge is -2.15. The van der Waals surface area contributed by atoms with Gasteiger partial charge in [0.1, 0.15) is 17.3 Å². The number of carbonyl (C=O) groups excluding carboxylic acids is 1. The second-order valence-corrected chi connectivity index (χ2v) is 7.38. The topological polar surface area (TPSA) is 72.6 Å². The van der Waals surface area contributed by atoms with E-state index in [2.05, 4.69) is 0 Å². The Morgan fingerprint density at radius 2 is 1.72 bits per heavy atom. The number of amides is 1. The quantitative estimate of drug-likeness (QED) is 0.550. The molecule has 0 bridgehead atoms. The summed E-state index contributed by atoms with van der Waals surface area (Å²) in [7, 11) is 0. The van der Waals surface area contributed by atoms with Gasteiger partial charge in [-0.1, -0.05) is 41.4 Å². The van der Waals surface area contributed by atoms with Crippen LogP contribution >= 0.6 is 23.2 Å². The highest BCUT2D eigenvalue weighted by atomic mass is 35.5. The molecule has 7 heteroatoms. The summed E-state index contributed by atoms with van der Waals surface area (Å²) in [6.07, 6.45) is -0.416. The normalized spacial score (nSPS) is 11.9. The molecule has 0 aliphatic rings. The number of nitrogens with two attached hydrogens (primary N) is 1. The molecule has 0 unspecified atom stereocenters. The van der Waals surface area contributed by atoms with Crippen molar-refractivity contribution in [3.8, 4) is 22.6 Å². The third-order valence-electron chi connectivity index (χ3n) is 4.43. The summed E-state index contributed by atoms with van der Waals surface area (Å²) in [6.45, 7) is 1.53. The van der Waals surface area contributed by atoms with Crippen LogP contribution in [-0.2, 0) is 11.2 Å². The van der Waals surface area contributed by atoms with Gasteiger partial charge in [-0.2, -0.15) is 0 Å². The van der Waals surface area contributed by atoms with Crippen LogP contribution in [0.3, 0.4) is 0 Å². The molecule has 29 heavy (non-hydrogen) atoms. The standard InChI is InChI=1S/C22H18Cl2FNO3/c1-12(22(26)28)29-16-10-19(23)18(20(24)11-16)9-13-2-7-21(27)17(8-13)14-3-5-15(25)6-4-14/h2-8,10-12,27H,9H2,1H3,(H2,26,28)/t12-/m0/s1. The summed E-state index contributed by atoms with van der Waals surface area (Å²) in [5.74, 6) is -0.524. The molecular formula is C22H18Cl2FNO3. The number of aromatic hydroxyl groups is 1. The van der Waals surface area contributed by atoms with E-state index in [0.29, 0.717) is 38.9 Å². The second kappa shape index (κ2) is 8.72. The number of primary amides is 1. The van der Waals surface area contributed by atoms with Gasteiger partial charge in [0.15, 0.2) is 6.10 Å². The van der Waals surface area contributed by atoms with Gasteiger partial charge in [0, 0.05) is 22.0 Å². The number of hydrogen-bond acceptors (Lipinski definition) is 3. The Kier molecular flexibility index (Phi) is 6.30. The molecule has 3 rings (SSSR count). The third kappa shape index (κ3) is 5.00. The van der Waals surface area contributed by atoms with Gasteiger partial charge in [0.2, 0.25) is 0 Å². The van der Waals surface area contributed by atoms with Crippen LogP contribution in [0.25, 0.3) is 11.1 Å². The maximum Gasteiger partial charge on any atom is 0.258 e. The molecule has 0 aliphatic carbocycles. The first kappa shape index (κ1) is 21.0. The van der Waals surface area contributed by atoms with Crippen molar-refractivity contribution in [3.05, 3.63) is 81.6 Å². The van der Waals surface area contributed by atoms with Crippen LogP contribution in [-0.4, -0.2) is 17.1 Å². The molecule has 3 aromatic carbocycles. The van der Waals surface area contributed by atoms with Crippen LogP contribution in [0.5, 0.6) is 11.5 Å². The van der Waals surface area contributed by atoms with E-state index < -0.39 is 12.0 Å². The Bertz CT molecular complexity index is 1030. The van der Waals surface area contributed by atoms with Gasteiger partial charge in [-0.3, -0.25) is 4.79 Å². The number of carbonyl (C=O) groups is 1. The Hall–Kier alpha value is -2.76. The highest BCUT2D eigenvalue weighted by Gasteiger charge is 2.15. The number of hydrogen-bond donors (Lipinski definition) is 2. The first-order valence-corrected chi connectivity index (χ1v) is 9.52. The summed E-state index contributed by atoms with van der Waals surface area (Å²) in [4.78, 5) is 11.2. The Morgan fingerprint density at radius 3 is 2.31 bits per heavy atom. The molecule has 0 saturated heterocycles. The SMILES string of the molecule is C[C@H](Oc1cc(Cl)c(Cc2ccc(O)c(-c3ccc(F)cc3)c2)c(Cl)c1)C(N)=O. The Labute approximate surface area is 177 Å². The molecule has 1 atom stereocenters. The van der Waals surface area contributed by atoms with E-state index in [9.17, 15) is 14.3 Å². The summed E-state index contributed by atoms with van der Waals surface area (Å²) in [6, 6.07) is 14.1. The van der Waals surface area contributed by atoms with Crippen molar-refractivity contribution in [3.63, 3.8) is 0 Å². The van der Waals surface area contributed by atoms with Crippen LogP contribution in [0, 0.1) is 5.82 Å². The summed E-state index contributed by atoms with van der Waals surface area (Å²) >= 11 is 12.8. The van der Waals surface area contributed by atoms with Crippen molar-refractivity contribution in [1.82, 2.24) is 0 Å². The number of benzene rings is 3. The van der Waals surface area contributed by atoms with Gasteiger partial charge in [0.25, 0.3) is 5.91 Å². The van der Waals surface area contributed by atoms with Crippen LogP contribution in [0.15, 0.2) is 54.6 Å². The average molecular weight is 434 g/mol. The van der Waals surface area contributed by atoms with E-state index >= 15 is 0 Å². The van der Waals surface area contributed by atoms with Gasteiger partial charge in [-0.25, -0.2) is 4.39 Å². The minimum atomic E-state index is -0.816. The number of halogens is 3. The zero-order valence-corrected chi connectivity index (χ0v) is 17.0. The molecule has 3 N–H and O–H groups in total. The highest BCUT2D eigenvalue weighted by Crippen LogP contribution is 2.35. The molecule has 4 nitrogen and oxygen atoms in total. The molecule has 0 aromatic heterocycles. The Morgan fingerprint density at radius 1 is 1.10 bits per heavy atom. The fourth-order valence-electron chi connectivity index (χ4n) is 2.84. The number of ether oxygens (including phenoxy) is 1. The fourth-order valence-corrected chi connectivity index (χ4v) is 3.44. The smallest absolute Gasteiger partial charge is 0.258 e. The van der Waals surface area contributed by atoms with Gasteiger partial charge in [-0.15, -0.1) is 0 Å². The van der Waals surface area contributed by atoms with E-state index in [1.54, 1.807) is 42.5 Å². The third-order valence-corrected chi connectivity index (χ3v) is 5.10. The van der Waals surface area contributed by atoms with E-state index in [4.69, 9.17) is 33.7 Å². The monoisotopic (exact) mass is 433 g/mol. The average Bonchev–Trinajstić information content (AvgIpc) is 2.66. The lowest BCUT2D eigenvalue weighted by Crippen LogP contribution is -2.30. The number of rotatable bonds is 6. The van der Waals surface area contributed by atoms with Crippen molar-refractivity contribution in [2.45, 2.75) is 19.4 Å². The zero-order valence-electron chi connectivity index (χ0n) is 15.5. The van der Waals surface area contributed by atoms with Gasteiger partial charge in [-0.05, 0) is 60.0 Å². The zero-order chi connectivity index (χ0) is 21.1. The summed E-state index contributed by atoms with van der Waals surface area (Å²) in [5.41, 5.74) is 7.99. The number of phenols is 1. The molecule has 0 heterocycles. The van der Waals surface area contributed by atoms with Gasteiger partial charge in [0.05, 0.1) is 0 Å². The predicted octanol–water partition coefficient (Wildman–Crippen LogP) is 5.35. The van der Waals surface area contributed by atoms with Gasteiger partial charge < -0.3 is 15.6 Å². The first-order chi connectivity index (χ1) is 13.7. The number of phenolic OH excluding ortho intramolecular Hbond substituents is 1. The van der Waals surface area contributed by atoms with Crippen molar-refractivity contribution in [2.75, 3.05) is 0 Å². The molecule has 3 aromatic rings. The maximum atomic E-state index is 13.2. The summed E-state index contributed by atoms with van der Waals surface area (Å²) in [5, 5.41) is 10.9. The lowest BCUT2D eigenvalue weighted by molar-refractivity contribution is -0.123. The molecule has 0 saturated carbocycles. The molecular weight excluding hydrogens is 416 g/mol. The molecule has 0 fully saturated rings. The second-order valence-electron chi connectivity index (χ2n) is 6.56. The van der Waals surface area contributed by atoms with Crippen LogP contribution in [0.2, 0.25) is 10.0 Å². The molecule has 0 spiro atoms. The van der Waals surface area contributed by atoms with E-state index in [1.807, 2.05) is 0 Å². The summed E-state index contributed by atoms with van der Waals surface area (Å²) < 4.78 is 18.6. The van der Waals surface area contributed by atoms with E-state index in [-0.39, 0.29) is 11.6 Å². The Balaban J connectivity index is 1.89. The van der Waals surface area contributed by atoms with E-state index in [1.165, 1.54) is 19.1 Å². The highest BCUT2D eigenvalue weighted by molar-refractivity contribution is 6.36. The minimum absolute atomic E-state index is 0.0849. The lowest BCUT2D eigenvalue weighted by atomic mass is 9.98. The van der Waals surface area contributed by atoms with Crippen molar-refractivity contribution in [1.29, 1.82) is 0 Å².